The van der Waals surface area contributed by atoms with Gasteiger partial charge in [-0.15, -0.1) is 0 Å². The third-order valence-corrected chi connectivity index (χ3v) is 3.62. The van der Waals surface area contributed by atoms with Crippen molar-refractivity contribution >= 4 is 17.9 Å². The van der Waals surface area contributed by atoms with E-state index >= 15 is 0 Å². The fraction of sp³-hybridized carbons (Fsp3) is 0.786. The van der Waals surface area contributed by atoms with Crippen molar-refractivity contribution in [2.24, 2.45) is 5.92 Å². The van der Waals surface area contributed by atoms with Gasteiger partial charge in [0.25, 0.3) is 0 Å². The number of amides is 3. The fourth-order valence-electron chi connectivity index (χ4n) is 2.32. The molecule has 1 heterocycles. The van der Waals surface area contributed by atoms with Crippen molar-refractivity contribution in [3.05, 3.63) is 0 Å². The molecule has 0 bridgehead atoms. The molecule has 0 aromatic heterocycles. The zero-order valence-corrected chi connectivity index (χ0v) is 12.7. The molecule has 0 aliphatic carbocycles. The van der Waals surface area contributed by atoms with Crippen molar-refractivity contribution < 1.29 is 19.5 Å². The number of hydrogen-bond donors (Lipinski definition) is 3. The predicted molar refractivity (Wildman–Crippen MR) is 77.8 cm³/mol. The standard InChI is InChI=1S/C14H25N3O4/c1-3-7-15-13(20)10(2)16-14(21)17-8-6-11(9-17)4-5-12(18)19/h10-11H,3-9H2,1-2H3,(H,15,20)(H,16,21)(H,18,19). The van der Waals surface area contributed by atoms with E-state index in [1.807, 2.05) is 6.92 Å². The molecule has 1 saturated heterocycles. The van der Waals surface area contributed by atoms with E-state index in [2.05, 4.69) is 10.6 Å². The van der Waals surface area contributed by atoms with E-state index in [4.69, 9.17) is 5.11 Å². The number of rotatable bonds is 7. The molecule has 7 heteroatoms. The number of likely N-dealkylation sites (tertiary alicyclic amines) is 1. The van der Waals surface area contributed by atoms with Crippen molar-refractivity contribution in [2.75, 3.05) is 19.6 Å². The highest BCUT2D eigenvalue weighted by Gasteiger charge is 2.28. The summed E-state index contributed by atoms with van der Waals surface area (Å²) in [5.74, 6) is -0.762. The second-order valence-corrected chi connectivity index (χ2v) is 5.50. The lowest BCUT2D eigenvalue weighted by Gasteiger charge is -2.20. The summed E-state index contributed by atoms with van der Waals surface area (Å²) in [4.78, 5) is 35.9. The lowest BCUT2D eigenvalue weighted by molar-refractivity contribution is -0.137. The first-order valence-electron chi connectivity index (χ1n) is 7.49. The van der Waals surface area contributed by atoms with Crippen LogP contribution in [0.2, 0.25) is 0 Å². The normalized spacial score (nSPS) is 19.1. The van der Waals surface area contributed by atoms with Gasteiger partial charge in [-0.1, -0.05) is 6.92 Å². The predicted octanol–water partition coefficient (Wildman–Crippen LogP) is 0.797. The first kappa shape index (κ1) is 17.3. The third kappa shape index (κ3) is 6.01. The number of aliphatic carboxylic acids is 1. The maximum atomic E-state index is 12.0. The number of carboxylic acids is 1. The van der Waals surface area contributed by atoms with Crippen molar-refractivity contribution in [1.82, 2.24) is 15.5 Å². The topological polar surface area (TPSA) is 98.7 Å². The first-order valence-corrected chi connectivity index (χ1v) is 7.49. The molecule has 2 unspecified atom stereocenters. The molecule has 7 nitrogen and oxygen atoms in total. The van der Waals surface area contributed by atoms with Crippen LogP contribution in [0.1, 0.15) is 39.5 Å². The maximum absolute atomic E-state index is 12.0. The molecule has 21 heavy (non-hydrogen) atoms. The highest BCUT2D eigenvalue weighted by Crippen LogP contribution is 2.20. The van der Waals surface area contributed by atoms with Gasteiger partial charge in [0.15, 0.2) is 0 Å². The van der Waals surface area contributed by atoms with Crippen molar-refractivity contribution in [3.8, 4) is 0 Å². The van der Waals surface area contributed by atoms with Crippen LogP contribution in [0.5, 0.6) is 0 Å². The van der Waals surface area contributed by atoms with E-state index in [-0.39, 0.29) is 24.3 Å². The van der Waals surface area contributed by atoms with Crippen LogP contribution in [-0.2, 0) is 9.59 Å². The van der Waals surface area contributed by atoms with E-state index < -0.39 is 12.0 Å². The van der Waals surface area contributed by atoms with Gasteiger partial charge in [0.2, 0.25) is 5.91 Å². The zero-order chi connectivity index (χ0) is 15.8. The first-order chi connectivity index (χ1) is 9.93. The lowest BCUT2D eigenvalue weighted by Crippen LogP contribution is -2.49. The summed E-state index contributed by atoms with van der Waals surface area (Å²) in [6.07, 6.45) is 2.39. The molecular formula is C14H25N3O4. The molecule has 0 radical (unpaired) electrons. The molecule has 3 N–H and O–H groups in total. The van der Waals surface area contributed by atoms with Gasteiger partial charge < -0.3 is 20.6 Å². The van der Waals surface area contributed by atoms with Gasteiger partial charge >= 0.3 is 12.0 Å². The molecule has 0 spiro atoms. The van der Waals surface area contributed by atoms with E-state index in [1.54, 1.807) is 11.8 Å². The Kier molecular flexibility index (Phi) is 6.98. The van der Waals surface area contributed by atoms with Gasteiger partial charge in [-0.05, 0) is 32.1 Å². The Labute approximate surface area is 125 Å². The Balaban J connectivity index is 2.32. The third-order valence-electron chi connectivity index (χ3n) is 3.62. The number of carbonyl (C=O) groups excluding carboxylic acids is 2. The minimum atomic E-state index is -0.806. The summed E-state index contributed by atoms with van der Waals surface area (Å²) in [5, 5.41) is 14.1. The van der Waals surface area contributed by atoms with Crippen LogP contribution in [0.25, 0.3) is 0 Å². The fourth-order valence-corrected chi connectivity index (χ4v) is 2.32. The average Bonchev–Trinajstić information content (AvgIpc) is 2.91. The Morgan fingerprint density at radius 3 is 2.71 bits per heavy atom. The summed E-state index contributed by atoms with van der Waals surface area (Å²) < 4.78 is 0. The van der Waals surface area contributed by atoms with Gasteiger partial charge in [-0.25, -0.2) is 4.79 Å². The largest absolute Gasteiger partial charge is 0.481 e. The van der Waals surface area contributed by atoms with Crippen LogP contribution in [0.3, 0.4) is 0 Å². The van der Waals surface area contributed by atoms with Gasteiger partial charge in [0.05, 0.1) is 0 Å². The molecule has 2 atom stereocenters. The van der Waals surface area contributed by atoms with Gasteiger partial charge in [-0.2, -0.15) is 0 Å². The van der Waals surface area contributed by atoms with Crippen molar-refractivity contribution in [3.63, 3.8) is 0 Å². The number of urea groups is 1. The number of nitrogens with zero attached hydrogens (tertiary/aromatic N) is 1. The Hall–Kier alpha value is -1.79. The maximum Gasteiger partial charge on any atom is 0.318 e. The molecule has 1 rings (SSSR count). The molecule has 3 amide bonds. The molecular weight excluding hydrogens is 274 g/mol. The highest BCUT2D eigenvalue weighted by atomic mass is 16.4. The van der Waals surface area contributed by atoms with Crippen LogP contribution in [0.4, 0.5) is 4.79 Å². The summed E-state index contributed by atoms with van der Waals surface area (Å²) in [5.41, 5.74) is 0. The minimum Gasteiger partial charge on any atom is -0.481 e. The molecule has 120 valence electrons. The second kappa shape index (κ2) is 8.49. The van der Waals surface area contributed by atoms with Crippen LogP contribution >= 0.6 is 0 Å². The highest BCUT2D eigenvalue weighted by molar-refractivity contribution is 5.86. The molecule has 1 fully saturated rings. The van der Waals surface area contributed by atoms with E-state index in [1.165, 1.54) is 0 Å². The number of nitrogens with one attached hydrogen (secondary N) is 2. The Morgan fingerprint density at radius 1 is 1.38 bits per heavy atom. The van der Waals surface area contributed by atoms with E-state index in [9.17, 15) is 14.4 Å². The quantitative estimate of drug-likeness (QED) is 0.647. The van der Waals surface area contributed by atoms with Gasteiger partial charge in [0.1, 0.15) is 6.04 Å². The Bertz CT molecular complexity index is 386. The van der Waals surface area contributed by atoms with Crippen LogP contribution < -0.4 is 10.6 Å². The second-order valence-electron chi connectivity index (χ2n) is 5.50. The molecule has 1 aliphatic heterocycles. The number of carboxylic acid groups (broad SMARTS) is 1. The molecule has 0 saturated carbocycles. The average molecular weight is 299 g/mol. The zero-order valence-electron chi connectivity index (χ0n) is 12.7. The lowest BCUT2D eigenvalue weighted by atomic mass is 10.0. The van der Waals surface area contributed by atoms with Crippen molar-refractivity contribution in [2.45, 2.75) is 45.6 Å². The monoisotopic (exact) mass is 299 g/mol. The summed E-state index contributed by atoms with van der Waals surface area (Å²) in [7, 11) is 0. The molecule has 0 aromatic carbocycles. The van der Waals surface area contributed by atoms with E-state index in [0.29, 0.717) is 26.1 Å². The van der Waals surface area contributed by atoms with Gasteiger partial charge in [0, 0.05) is 26.1 Å². The van der Waals surface area contributed by atoms with Crippen LogP contribution in [-0.4, -0.2) is 53.6 Å². The Morgan fingerprint density at radius 2 is 2.10 bits per heavy atom. The molecule has 0 aromatic rings. The number of hydrogen-bond acceptors (Lipinski definition) is 3. The SMILES string of the molecule is CCCNC(=O)C(C)NC(=O)N1CCC(CCC(=O)O)C1. The summed E-state index contributed by atoms with van der Waals surface area (Å²) >= 11 is 0. The molecule has 1 aliphatic rings. The van der Waals surface area contributed by atoms with Crippen molar-refractivity contribution in [1.29, 1.82) is 0 Å². The van der Waals surface area contributed by atoms with Gasteiger partial charge in [-0.3, -0.25) is 9.59 Å². The summed E-state index contributed by atoms with van der Waals surface area (Å²) in [6, 6.07) is -0.825. The summed E-state index contributed by atoms with van der Waals surface area (Å²) in [6.45, 7) is 5.38. The van der Waals surface area contributed by atoms with E-state index in [0.717, 1.165) is 12.8 Å². The smallest absolute Gasteiger partial charge is 0.318 e. The van der Waals surface area contributed by atoms with Crippen LogP contribution in [0, 0.1) is 5.92 Å². The minimum absolute atomic E-state index is 0.135. The van der Waals surface area contributed by atoms with Crippen LogP contribution in [0.15, 0.2) is 0 Å². The number of carbonyl (C=O) groups is 3.